The standard InChI is InChI=1S/C21H25FN10O10P2S2/c1-36-13-8-3-38-43(34,45)41-12-7(39-19(9(12)22)31-5-27-10-15(23)25-4-26-16(10)31)2-37-44(35,46)42-14(13)20(40-8)32-6-28-11-17(32)29-21(24)30-18(11)33/h4-9,12-14,19-20H,2-3H2,1H3,(H,34,45)(H,35,46)(H2,23,25,26)(H3,24,29,30,33)/p-2/t7-,8-,9-,12-,13-,14-,19-,20-,43?,44?/m1/s1. The van der Waals surface area contributed by atoms with Crippen LogP contribution in [0.3, 0.4) is 0 Å². The molecule has 2 unspecified atom stereocenters. The molecule has 0 spiro atoms. The molecule has 0 radical (unpaired) electrons. The molecule has 4 aromatic rings. The van der Waals surface area contributed by atoms with E-state index >= 15 is 4.39 Å². The molecule has 3 saturated heterocycles. The summed E-state index contributed by atoms with van der Waals surface area (Å²) in [6.07, 6.45) is -7.67. The highest BCUT2D eigenvalue weighted by molar-refractivity contribution is 8.32. The Morgan fingerprint density at radius 2 is 1.74 bits per heavy atom. The number of halogens is 1. The van der Waals surface area contributed by atoms with Crippen LogP contribution in [-0.4, -0.2) is 96.1 Å². The summed E-state index contributed by atoms with van der Waals surface area (Å²) in [5.41, 5.74) is 11.2. The van der Waals surface area contributed by atoms with Gasteiger partial charge in [-0.25, -0.2) is 24.3 Å². The fourth-order valence-electron chi connectivity index (χ4n) is 5.52. The highest BCUT2D eigenvalue weighted by Crippen LogP contribution is 2.54. The van der Waals surface area contributed by atoms with Gasteiger partial charge in [-0.3, -0.25) is 23.5 Å². The average Bonchev–Trinajstić information content (AvgIpc) is 3.75. The van der Waals surface area contributed by atoms with Crippen LogP contribution in [0, 0.1) is 0 Å². The number of ether oxygens (including phenoxy) is 3. The van der Waals surface area contributed by atoms with Crippen LogP contribution < -0.4 is 21.9 Å². The van der Waals surface area contributed by atoms with E-state index in [0.29, 0.717) is 0 Å². The zero-order chi connectivity index (χ0) is 32.5. The lowest BCUT2D eigenvalue weighted by atomic mass is 10.1. The van der Waals surface area contributed by atoms with Gasteiger partial charge in [0.15, 0.2) is 48.1 Å². The Morgan fingerprint density at radius 3 is 2.50 bits per heavy atom. The molecule has 3 aliphatic heterocycles. The third-order valence-electron chi connectivity index (χ3n) is 7.51. The van der Waals surface area contributed by atoms with E-state index in [4.69, 9.17) is 67.8 Å². The first-order valence-corrected chi connectivity index (χ1v) is 18.4. The molecule has 4 aromatic heterocycles. The number of anilines is 2. The van der Waals surface area contributed by atoms with Crippen molar-refractivity contribution in [2.24, 2.45) is 0 Å². The molecule has 3 fully saturated rings. The lowest BCUT2D eigenvalue weighted by Gasteiger charge is -2.35. The summed E-state index contributed by atoms with van der Waals surface area (Å²) in [6, 6.07) is 0. The minimum atomic E-state index is -4.48. The number of aromatic amines is 1. The Kier molecular flexibility index (Phi) is 8.18. The topological polar surface area (TPSA) is 264 Å². The molecule has 248 valence electrons. The van der Waals surface area contributed by atoms with Crippen LogP contribution in [0.4, 0.5) is 16.2 Å². The number of nitrogens with zero attached hydrogens (tertiary/aromatic N) is 7. The van der Waals surface area contributed by atoms with Crippen molar-refractivity contribution in [3.05, 3.63) is 29.3 Å². The number of fused-ring (bicyclic) bond motifs is 5. The van der Waals surface area contributed by atoms with E-state index in [-0.39, 0.29) is 34.1 Å². The molecule has 0 amide bonds. The van der Waals surface area contributed by atoms with E-state index in [2.05, 4.69) is 29.9 Å². The molecule has 5 N–H and O–H groups in total. The quantitative estimate of drug-likeness (QED) is 0.175. The Balaban J connectivity index is 1.22. The Hall–Kier alpha value is -2.66. The fraction of sp³-hybridized carbons (Fsp3) is 0.524. The SMILES string of the molecule is CO[C@H]1[C@H]2OP([O-])(=S)OC[C@H]3O[C@@H](n4cnc5c(N)ncnc54)[C@H](F)[C@@H]3OP(=O)([S-])OC[C@H]1O[C@H]2n1cnc2c(=O)[nH]c(N)nc21. The molecule has 7 heterocycles. The molecule has 0 aromatic carbocycles. The van der Waals surface area contributed by atoms with Crippen molar-refractivity contribution >= 4 is 71.7 Å². The molecule has 0 aliphatic carbocycles. The van der Waals surface area contributed by atoms with Crippen molar-refractivity contribution in [3.63, 3.8) is 0 Å². The summed E-state index contributed by atoms with van der Waals surface area (Å²) in [7, 11) is 1.30. The number of imidazole rings is 2. The van der Waals surface area contributed by atoms with Crippen molar-refractivity contribution in [3.8, 4) is 0 Å². The Morgan fingerprint density at radius 1 is 1.04 bits per heavy atom. The van der Waals surface area contributed by atoms with Crippen LogP contribution in [-0.2, 0) is 60.9 Å². The van der Waals surface area contributed by atoms with Gasteiger partial charge in [-0.05, 0) is 0 Å². The van der Waals surface area contributed by atoms with Crippen LogP contribution in [0.25, 0.3) is 22.3 Å². The molecule has 10 atom stereocenters. The predicted molar refractivity (Wildman–Crippen MR) is 157 cm³/mol. The van der Waals surface area contributed by atoms with Crippen LogP contribution >= 0.6 is 13.5 Å². The van der Waals surface area contributed by atoms with E-state index in [9.17, 15) is 14.3 Å². The molecule has 3 aliphatic rings. The molecule has 25 heteroatoms. The molecule has 20 nitrogen and oxygen atoms in total. The third-order valence-corrected chi connectivity index (χ3v) is 10.6. The van der Waals surface area contributed by atoms with Gasteiger partial charge >= 0.3 is 0 Å². The number of nitrogens with two attached hydrogens (primary N) is 2. The molecule has 2 bridgehead atoms. The second-order valence-electron chi connectivity index (χ2n) is 10.3. The number of hydrogen-bond acceptors (Lipinski definition) is 19. The van der Waals surface area contributed by atoms with Crippen molar-refractivity contribution in [2.45, 2.75) is 49.1 Å². The van der Waals surface area contributed by atoms with Gasteiger partial charge in [0.1, 0.15) is 49.1 Å². The number of nitrogen functional groups attached to an aromatic ring is 2. The molecule has 0 saturated carbocycles. The van der Waals surface area contributed by atoms with Gasteiger partial charge < -0.3 is 60.9 Å². The van der Waals surface area contributed by atoms with E-state index in [1.165, 1.54) is 28.9 Å². The first-order chi connectivity index (χ1) is 21.9. The number of nitrogens with one attached hydrogen (secondary N) is 1. The number of H-pyrrole nitrogens is 1. The number of alkyl halides is 1. The summed E-state index contributed by atoms with van der Waals surface area (Å²) in [5, 5.41) is 0. The highest BCUT2D eigenvalue weighted by atomic mass is 32.7. The monoisotopic (exact) mass is 720 g/mol. The van der Waals surface area contributed by atoms with E-state index in [0.717, 1.165) is 6.33 Å². The Bertz CT molecular complexity index is 1970. The average molecular weight is 721 g/mol. The summed E-state index contributed by atoms with van der Waals surface area (Å²) in [5.74, 6) is -0.164. The van der Waals surface area contributed by atoms with Crippen LogP contribution in [0.1, 0.15) is 12.5 Å². The summed E-state index contributed by atoms with van der Waals surface area (Å²) in [4.78, 5) is 48.6. The minimum absolute atomic E-state index is 0.00365. The predicted octanol–water partition coefficient (Wildman–Crippen LogP) is -0.671. The van der Waals surface area contributed by atoms with Crippen molar-refractivity contribution in [1.82, 2.24) is 39.0 Å². The lowest BCUT2D eigenvalue weighted by Crippen LogP contribution is -2.38. The molecule has 46 heavy (non-hydrogen) atoms. The second-order valence-corrected chi connectivity index (χ2v) is 15.7. The lowest BCUT2D eigenvalue weighted by molar-refractivity contribution is -0.219. The molecular formula is C21H23FN10O10P2S2-2. The van der Waals surface area contributed by atoms with Crippen LogP contribution in [0.2, 0.25) is 0 Å². The maximum absolute atomic E-state index is 16.0. The number of rotatable bonds is 3. The van der Waals surface area contributed by atoms with Crippen LogP contribution in [0.5, 0.6) is 0 Å². The fourth-order valence-corrected chi connectivity index (χ4v) is 8.33. The number of aromatic nitrogens is 8. The van der Waals surface area contributed by atoms with Crippen molar-refractivity contribution < 1.29 is 46.2 Å². The maximum Gasteiger partial charge on any atom is 0.280 e. The van der Waals surface area contributed by atoms with Crippen molar-refractivity contribution in [2.75, 3.05) is 31.8 Å². The van der Waals surface area contributed by atoms with E-state index in [1.54, 1.807) is 0 Å². The summed E-state index contributed by atoms with van der Waals surface area (Å²) >= 11 is 10.3. The maximum atomic E-state index is 16.0. The van der Waals surface area contributed by atoms with E-state index in [1.807, 2.05) is 0 Å². The first kappa shape index (κ1) is 31.9. The zero-order valence-corrected chi connectivity index (χ0v) is 26.6. The first-order valence-electron chi connectivity index (χ1n) is 13.3. The van der Waals surface area contributed by atoms with Gasteiger partial charge in [-0.1, -0.05) is 11.8 Å². The Labute approximate surface area is 266 Å². The third kappa shape index (κ3) is 5.63. The minimum Gasteiger partial charge on any atom is -0.780 e. The molecular weight excluding hydrogens is 697 g/mol. The van der Waals surface area contributed by atoms with Crippen LogP contribution in [0.15, 0.2) is 23.8 Å². The van der Waals surface area contributed by atoms with Gasteiger partial charge in [0.05, 0.1) is 25.9 Å². The number of methoxy groups -OCH3 is 1. The normalized spacial score (nSPS) is 37.1. The highest BCUT2D eigenvalue weighted by Gasteiger charge is 2.52. The van der Waals surface area contributed by atoms with Gasteiger partial charge in [0.25, 0.3) is 5.56 Å². The van der Waals surface area contributed by atoms with Crippen molar-refractivity contribution in [1.29, 1.82) is 0 Å². The largest absolute Gasteiger partial charge is 0.780 e. The molecule has 7 rings (SSSR count). The summed E-state index contributed by atoms with van der Waals surface area (Å²) < 4.78 is 71.8. The van der Waals surface area contributed by atoms with Gasteiger partial charge in [-0.2, -0.15) is 4.98 Å². The van der Waals surface area contributed by atoms with E-state index < -0.39 is 81.4 Å². The van der Waals surface area contributed by atoms with Gasteiger partial charge in [-0.15, -0.1) is 0 Å². The number of hydrogen-bond donors (Lipinski definition) is 3. The second kappa shape index (κ2) is 11.8. The smallest absolute Gasteiger partial charge is 0.280 e. The van der Waals surface area contributed by atoms with Gasteiger partial charge in [0.2, 0.25) is 5.95 Å². The summed E-state index contributed by atoms with van der Waals surface area (Å²) in [6.45, 7) is -10.1. The van der Waals surface area contributed by atoms with Gasteiger partial charge in [0, 0.05) is 7.11 Å². The zero-order valence-electron chi connectivity index (χ0n) is 23.2.